The van der Waals surface area contributed by atoms with Crippen LogP contribution >= 0.6 is 0 Å². The van der Waals surface area contributed by atoms with Crippen LogP contribution in [0.25, 0.3) is 5.69 Å². The second kappa shape index (κ2) is 6.54. The van der Waals surface area contributed by atoms with Crippen LogP contribution in [-0.2, 0) is 11.0 Å². The monoisotopic (exact) mass is 351 g/mol. The zero-order valence-electron chi connectivity index (χ0n) is 14.1. The van der Waals surface area contributed by atoms with E-state index in [0.717, 1.165) is 37.0 Å². The first-order chi connectivity index (χ1) is 11.8. The van der Waals surface area contributed by atoms with Crippen LogP contribution in [0, 0.1) is 12.8 Å². The van der Waals surface area contributed by atoms with Crippen LogP contribution in [0.2, 0.25) is 0 Å². The van der Waals surface area contributed by atoms with Crippen molar-refractivity contribution in [3.05, 3.63) is 47.3 Å². The molecular formula is C18H20F3N3O. The number of nitrogens with zero attached hydrogens (tertiary/aromatic N) is 2. The Labute approximate surface area is 144 Å². The number of carbonyl (C=O) groups excluding carboxylic acids is 1. The summed E-state index contributed by atoms with van der Waals surface area (Å²) in [4.78, 5) is 12.1. The summed E-state index contributed by atoms with van der Waals surface area (Å²) < 4.78 is 40.2. The van der Waals surface area contributed by atoms with Crippen molar-refractivity contribution in [3.8, 4) is 5.69 Å². The van der Waals surface area contributed by atoms with Crippen LogP contribution < -0.4 is 5.32 Å². The van der Waals surface area contributed by atoms with Gasteiger partial charge in [-0.25, -0.2) is 4.68 Å². The lowest BCUT2D eigenvalue weighted by Crippen LogP contribution is -2.36. The molecule has 1 N–H and O–H groups in total. The van der Waals surface area contributed by atoms with Gasteiger partial charge in [0.15, 0.2) is 0 Å². The van der Waals surface area contributed by atoms with Crippen LogP contribution in [0.3, 0.4) is 0 Å². The second-order valence-electron chi connectivity index (χ2n) is 6.50. The number of amides is 1. The van der Waals surface area contributed by atoms with E-state index in [2.05, 4.69) is 10.4 Å². The van der Waals surface area contributed by atoms with E-state index in [4.69, 9.17) is 0 Å². The quantitative estimate of drug-likeness (QED) is 0.898. The fourth-order valence-corrected chi connectivity index (χ4v) is 3.00. The molecule has 0 bridgehead atoms. The molecule has 1 fully saturated rings. The molecule has 1 heterocycles. The Hall–Kier alpha value is -2.31. The summed E-state index contributed by atoms with van der Waals surface area (Å²) in [5.74, 6) is 0.117. The van der Waals surface area contributed by atoms with Gasteiger partial charge in [-0.3, -0.25) is 4.79 Å². The Bertz CT molecular complexity index is 778. The van der Waals surface area contributed by atoms with Gasteiger partial charge in [-0.2, -0.15) is 18.3 Å². The van der Waals surface area contributed by atoms with Crippen LogP contribution in [0.15, 0.2) is 30.5 Å². The number of alkyl halides is 3. The maximum absolute atomic E-state index is 12.9. The van der Waals surface area contributed by atoms with E-state index in [1.165, 1.54) is 10.7 Å². The molecule has 134 valence electrons. The highest BCUT2D eigenvalue weighted by Crippen LogP contribution is 2.31. The van der Waals surface area contributed by atoms with E-state index in [-0.39, 0.29) is 17.9 Å². The maximum Gasteiger partial charge on any atom is 0.416 e. The lowest BCUT2D eigenvalue weighted by molar-refractivity contribution is -0.137. The van der Waals surface area contributed by atoms with E-state index < -0.39 is 11.7 Å². The van der Waals surface area contributed by atoms with Crippen molar-refractivity contribution in [1.29, 1.82) is 0 Å². The van der Waals surface area contributed by atoms with Gasteiger partial charge in [-0.05, 0) is 44.9 Å². The highest BCUT2D eigenvalue weighted by Gasteiger charge is 2.31. The number of hydrogen-bond donors (Lipinski definition) is 1. The molecule has 1 aromatic carbocycles. The van der Waals surface area contributed by atoms with E-state index in [1.807, 2.05) is 6.92 Å². The van der Waals surface area contributed by atoms with Crippen molar-refractivity contribution in [2.24, 2.45) is 5.92 Å². The van der Waals surface area contributed by atoms with E-state index in [1.54, 1.807) is 19.2 Å². The Morgan fingerprint density at radius 2 is 2.08 bits per heavy atom. The number of aromatic nitrogens is 2. The predicted molar refractivity (Wildman–Crippen MR) is 87.2 cm³/mol. The predicted octanol–water partition coefficient (Wildman–Crippen LogP) is 4.18. The van der Waals surface area contributed by atoms with Gasteiger partial charge < -0.3 is 5.32 Å². The summed E-state index contributed by atoms with van der Waals surface area (Å²) in [6.07, 6.45) is 0.117. The van der Waals surface area contributed by atoms with Crippen molar-refractivity contribution in [1.82, 2.24) is 15.1 Å². The molecule has 0 spiro atoms. The Balaban J connectivity index is 1.82. The largest absolute Gasteiger partial charge is 0.416 e. The fraction of sp³-hybridized carbons (Fsp3) is 0.444. The highest BCUT2D eigenvalue weighted by molar-refractivity contribution is 5.79. The van der Waals surface area contributed by atoms with Gasteiger partial charge in [0.05, 0.1) is 23.5 Å². The van der Waals surface area contributed by atoms with Crippen molar-refractivity contribution >= 4 is 5.91 Å². The molecular weight excluding hydrogens is 331 g/mol. The molecule has 1 aromatic heterocycles. The normalized spacial score (nSPS) is 16.4. The Kier molecular flexibility index (Phi) is 4.58. The SMILES string of the molecule is Cc1c(C(C)NC(=O)C2CCC2)cnn1-c1cccc(C(F)(F)F)c1. The van der Waals surface area contributed by atoms with Crippen molar-refractivity contribution < 1.29 is 18.0 Å². The molecule has 0 radical (unpaired) electrons. The van der Waals surface area contributed by atoms with Crippen molar-refractivity contribution in [3.63, 3.8) is 0 Å². The van der Waals surface area contributed by atoms with Crippen molar-refractivity contribution in [2.45, 2.75) is 45.3 Å². The summed E-state index contributed by atoms with van der Waals surface area (Å²) in [5.41, 5.74) is 1.13. The van der Waals surface area contributed by atoms with Gasteiger partial charge >= 0.3 is 6.18 Å². The van der Waals surface area contributed by atoms with E-state index in [9.17, 15) is 18.0 Å². The standard InChI is InChI=1S/C18H20F3N3O/c1-11(23-17(25)13-5-3-6-13)16-10-22-24(12(16)2)15-8-4-7-14(9-15)18(19,20)21/h4,7-11,13H,3,5-6H2,1-2H3,(H,23,25). The lowest BCUT2D eigenvalue weighted by Gasteiger charge is -2.26. The summed E-state index contributed by atoms with van der Waals surface area (Å²) in [6, 6.07) is 4.80. The lowest BCUT2D eigenvalue weighted by atomic mass is 9.84. The summed E-state index contributed by atoms with van der Waals surface area (Å²) in [7, 11) is 0. The van der Waals surface area contributed by atoms with Gasteiger partial charge in [-0.1, -0.05) is 12.5 Å². The average molecular weight is 351 g/mol. The van der Waals surface area contributed by atoms with Crippen molar-refractivity contribution in [2.75, 3.05) is 0 Å². The molecule has 1 aliphatic carbocycles. The molecule has 1 saturated carbocycles. The minimum Gasteiger partial charge on any atom is -0.349 e. The van der Waals surface area contributed by atoms with Crippen LogP contribution in [0.4, 0.5) is 13.2 Å². The van der Waals surface area contributed by atoms with Gasteiger partial charge in [0, 0.05) is 17.2 Å². The molecule has 1 aliphatic rings. The first-order valence-corrected chi connectivity index (χ1v) is 8.30. The number of rotatable bonds is 4. The first-order valence-electron chi connectivity index (χ1n) is 8.30. The number of nitrogens with one attached hydrogen (secondary N) is 1. The van der Waals surface area contributed by atoms with Gasteiger partial charge in [0.25, 0.3) is 0 Å². The molecule has 25 heavy (non-hydrogen) atoms. The number of carbonyl (C=O) groups is 1. The highest BCUT2D eigenvalue weighted by atomic mass is 19.4. The number of benzene rings is 1. The molecule has 1 atom stereocenters. The summed E-state index contributed by atoms with van der Waals surface area (Å²) in [6.45, 7) is 3.64. The van der Waals surface area contributed by atoms with Crippen LogP contribution in [-0.4, -0.2) is 15.7 Å². The Morgan fingerprint density at radius 3 is 2.68 bits per heavy atom. The summed E-state index contributed by atoms with van der Waals surface area (Å²) >= 11 is 0. The average Bonchev–Trinajstić information content (AvgIpc) is 2.86. The molecule has 2 aromatic rings. The summed E-state index contributed by atoms with van der Waals surface area (Å²) in [5, 5.41) is 7.18. The van der Waals surface area contributed by atoms with E-state index >= 15 is 0 Å². The van der Waals surface area contributed by atoms with Crippen LogP contribution in [0.1, 0.15) is 49.0 Å². The molecule has 4 nitrogen and oxygen atoms in total. The van der Waals surface area contributed by atoms with Gasteiger partial charge in [-0.15, -0.1) is 0 Å². The zero-order chi connectivity index (χ0) is 18.2. The fourth-order valence-electron chi connectivity index (χ4n) is 3.00. The smallest absolute Gasteiger partial charge is 0.349 e. The molecule has 7 heteroatoms. The minimum atomic E-state index is -4.40. The first kappa shape index (κ1) is 17.5. The zero-order valence-corrected chi connectivity index (χ0v) is 14.1. The molecule has 0 aliphatic heterocycles. The maximum atomic E-state index is 12.9. The number of halogens is 3. The third-order valence-corrected chi connectivity index (χ3v) is 4.77. The van der Waals surface area contributed by atoms with Crippen LogP contribution in [0.5, 0.6) is 0 Å². The molecule has 1 amide bonds. The third-order valence-electron chi connectivity index (χ3n) is 4.77. The van der Waals surface area contributed by atoms with E-state index in [0.29, 0.717) is 11.4 Å². The topological polar surface area (TPSA) is 46.9 Å². The Morgan fingerprint density at radius 1 is 1.36 bits per heavy atom. The minimum absolute atomic E-state index is 0.0324. The number of hydrogen-bond acceptors (Lipinski definition) is 2. The van der Waals surface area contributed by atoms with Gasteiger partial charge in [0.1, 0.15) is 0 Å². The molecule has 3 rings (SSSR count). The van der Waals surface area contributed by atoms with Gasteiger partial charge in [0.2, 0.25) is 5.91 Å². The molecule has 1 unspecified atom stereocenters. The molecule has 0 saturated heterocycles. The third kappa shape index (κ3) is 3.55. The second-order valence-corrected chi connectivity index (χ2v) is 6.50.